The summed E-state index contributed by atoms with van der Waals surface area (Å²) in [6.07, 6.45) is 1.85. The van der Waals surface area contributed by atoms with Gasteiger partial charge in [-0.2, -0.15) is 0 Å². The Bertz CT molecular complexity index is 982. The number of nitrogens with one attached hydrogen (secondary N) is 3. The van der Waals surface area contributed by atoms with E-state index in [0.717, 1.165) is 20.8 Å². The number of pyridine rings is 1. The third-order valence-electron chi connectivity index (χ3n) is 3.97. The van der Waals surface area contributed by atoms with Gasteiger partial charge in [-0.15, -0.1) is 11.3 Å². The molecule has 3 rings (SSSR count). The van der Waals surface area contributed by atoms with Crippen LogP contribution in [0.25, 0.3) is 10.2 Å². The fourth-order valence-corrected chi connectivity index (χ4v) is 3.49. The molecule has 0 spiro atoms. The van der Waals surface area contributed by atoms with Crippen molar-refractivity contribution >= 4 is 45.0 Å². The topological polar surface area (TPSA) is 96.0 Å². The molecule has 3 amide bonds. The van der Waals surface area contributed by atoms with E-state index in [4.69, 9.17) is 0 Å². The normalized spacial score (nSPS) is 10.9. The van der Waals surface area contributed by atoms with Crippen LogP contribution in [0, 0.1) is 6.92 Å². The Kier molecular flexibility index (Phi) is 6.20. The van der Waals surface area contributed by atoms with Gasteiger partial charge in [0.15, 0.2) is 0 Å². The number of anilines is 2. The molecule has 2 heterocycles. The summed E-state index contributed by atoms with van der Waals surface area (Å²) in [7, 11) is 0. The van der Waals surface area contributed by atoms with Gasteiger partial charge in [-0.1, -0.05) is 19.9 Å². The zero-order valence-corrected chi connectivity index (χ0v) is 16.9. The molecular weight excluding hydrogens is 374 g/mol. The van der Waals surface area contributed by atoms with Crippen LogP contribution in [0.3, 0.4) is 0 Å². The maximum atomic E-state index is 12.1. The second kappa shape index (κ2) is 8.79. The lowest BCUT2D eigenvalue weighted by Crippen LogP contribution is -2.31. The number of aromatic nitrogens is 2. The summed E-state index contributed by atoms with van der Waals surface area (Å²) in [5, 5.41) is 9.24. The Morgan fingerprint density at radius 1 is 1.14 bits per heavy atom. The number of benzene rings is 1. The van der Waals surface area contributed by atoms with Crippen molar-refractivity contribution in [1.82, 2.24) is 15.3 Å². The van der Waals surface area contributed by atoms with E-state index >= 15 is 0 Å². The molecule has 0 aliphatic carbocycles. The number of rotatable bonds is 6. The summed E-state index contributed by atoms with van der Waals surface area (Å²) < 4.78 is 1.03. The van der Waals surface area contributed by atoms with Crippen LogP contribution < -0.4 is 16.0 Å². The third kappa shape index (κ3) is 5.26. The highest BCUT2D eigenvalue weighted by molar-refractivity contribution is 7.18. The molecule has 146 valence electrons. The van der Waals surface area contributed by atoms with Crippen molar-refractivity contribution in [2.45, 2.75) is 33.1 Å². The first-order valence-electron chi connectivity index (χ1n) is 9.08. The molecule has 8 heteroatoms. The van der Waals surface area contributed by atoms with Crippen molar-refractivity contribution in [3.05, 3.63) is 47.1 Å². The highest BCUT2D eigenvalue weighted by Crippen LogP contribution is 2.29. The second-order valence-corrected chi connectivity index (χ2v) is 7.85. The molecule has 0 fully saturated rings. The number of aryl methyl sites for hydroxylation is 1. The van der Waals surface area contributed by atoms with E-state index in [1.807, 2.05) is 31.2 Å². The minimum Gasteiger partial charge on any atom is -0.337 e. The van der Waals surface area contributed by atoms with Crippen molar-refractivity contribution < 1.29 is 9.59 Å². The second-order valence-electron chi connectivity index (χ2n) is 6.79. The van der Waals surface area contributed by atoms with Crippen molar-refractivity contribution in [3.8, 4) is 0 Å². The Morgan fingerprint density at radius 3 is 2.68 bits per heavy atom. The number of thiazole rings is 1. The molecule has 28 heavy (non-hydrogen) atoms. The molecule has 0 bridgehead atoms. The van der Waals surface area contributed by atoms with E-state index in [1.165, 1.54) is 0 Å². The summed E-state index contributed by atoms with van der Waals surface area (Å²) in [4.78, 5) is 32.7. The Morgan fingerprint density at radius 2 is 1.96 bits per heavy atom. The van der Waals surface area contributed by atoms with Gasteiger partial charge >= 0.3 is 6.03 Å². The van der Waals surface area contributed by atoms with Gasteiger partial charge in [-0.05, 0) is 36.8 Å². The van der Waals surface area contributed by atoms with E-state index in [9.17, 15) is 9.59 Å². The molecule has 0 saturated heterocycles. The van der Waals surface area contributed by atoms with Crippen molar-refractivity contribution in [2.75, 3.05) is 17.2 Å². The first kappa shape index (κ1) is 19.8. The molecule has 0 aliphatic heterocycles. The average Bonchev–Trinajstić information content (AvgIpc) is 3.07. The lowest BCUT2D eigenvalue weighted by molar-refractivity contribution is -0.116. The van der Waals surface area contributed by atoms with E-state index in [2.05, 4.69) is 39.8 Å². The largest absolute Gasteiger partial charge is 0.337 e. The van der Waals surface area contributed by atoms with Gasteiger partial charge in [-0.25, -0.2) is 14.8 Å². The van der Waals surface area contributed by atoms with Crippen LogP contribution >= 0.6 is 11.3 Å². The molecule has 3 N–H and O–H groups in total. The van der Waals surface area contributed by atoms with Gasteiger partial charge in [0.2, 0.25) is 5.91 Å². The van der Waals surface area contributed by atoms with E-state index in [1.54, 1.807) is 23.6 Å². The van der Waals surface area contributed by atoms with E-state index in [-0.39, 0.29) is 24.9 Å². The van der Waals surface area contributed by atoms with Crippen LogP contribution in [0.15, 0.2) is 36.5 Å². The fraction of sp³-hybridized carbons (Fsp3) is 0.300. The van der Waals surface area contributed by atoms with Gasteiger partial charge in [0, 0.05) is 30.8 Å². The van der Waals surface area contributed by atoms with Gasteiger partial charge < -0.3 is 16.0 Å². The lowest BCUT2D eigenvalue weighted by atomic mass is 10.2. The first-order chi connectivity index (χ1) is 13.4. The number of nitrogens with zero attached hydrogens (tertiary/aromatic N) is 2. The fourth-order valence-electron chi connectivity index (χ4n) is 2.48. The SMILES string of the molecule is Cc1ccc(NC(=O)CCNC(=O)Nc2ccc3nc(C(C)C)sc3c2)nc1. The summed E-state index contributed by atoms with van der Waals surface area (Å²) in [5.41, 5.74) is 2.64. The number of carbonyl (C=O) groups excluding carboxylic acids is 2. The minimum atomic E-state index is -0.353. The van der Waals surface area contributed by atoms with Crippen LogP contribution in [-0.2, 0) is 4.79 Å². The molecule has 3 aromatic rings. The van der Waals surface area contributed by atoms with Gasteiger partial charge in [0.25, 0.3) is 0 Å². The van der Waals surface area contributed by atoms with Gasteiger partial charge in [0.1, 0.15) is 5.82 Å². The Hall–Kier alpha value is -3.00. The van der Waals surface area contributed by atoms with Crippen LogP contribution in [0.1, 0.15) is 36.8 Å². The number of urea groups is 1. The summed E-state index contributed by atoms with van der Waals surface area (Å²) in [6, 6.07) is 8.89. The van der Waals surface area contributed by atoms with Crippen molar-refractivity contribution in [1.29, 1.82) is 0 Å². The van der Waals surface area contributed by atoms with Crippen LogP contribution in [-0.4, -0.2) is 28.5 Å². The average molecular weight is 398 g/mol. The molecule has 2 aromatic heterocycles. The van der Waals surface area contributed by atoms with Crippen LogP contribution in [0.5, 0.6) is 0 Å². The van der Waals surface area contributed by atoms with E-state index < -0.39 is 0 Å². The van der Waals surface area contributed by atoms with Crippen molar-refractivity contribution in [3.63, 3.8) is 0 Å². The number of carbonyl (C=O) groups is 2. The molecule has 0 saturated carbocycles. The van der Waals surface area contributed by atoms with E-state index in [0.29, 0.717) is 17.4 Å². The molecule has 1 aromatic carbocycles. The molecule has 0 atom stereocenters. The Labute approximate surface area is 167 Å². The first-order valence-corrected chi connectivity index (χ1v) is 9.90. The molecular formula is C20H23N5O2S. The van der Waals surface area contributed by atoms with Crippen molar-refractivity contribution in [2.24, 2.45) is 0 Å². The monoisotopic (exact) mass is 397 g/mol. The lowest BCUT2D eigenvalue weighted by Gasteiger charge is -2.08. The maximum Gasteiger partial charge on any atom is 0.319 e. The predicted molar refractivity (Wildman–Crippen MR) is 113 cm³/mol. The molecule has 0 unspecified atom stereocenters. The number of fused-ring (bicyclic) bond motifs is 1. The summed E-state index contributed by atoms with van der Waals surface area (Å²) in [5.74, 6) is 0.668. The Balaban J connectivity index is 1.46. The quantitative estimate of drug-likeness (QED) is 0.579. The van der Waals surface area contributed by atoms with Crippen LogP contribution in [0.4, 0.5) is 16.3 Å². The molecule has 7 nitrogen and oxygen atoms in total. The number of hydrogen-bond acceptors (Lipinski definition) is 5. The molecule has 0 aliphatic rings. The number of hydrogen-bond donors (Lipinski definition) is 3. The number of amides is 3. The zero-order chi connectivity index (χ0) is 20.1. The smallest absolute Gasteiger partial charge is 0.319 e. The predicted octanol–water partition coefficient (Wildman–Crippen LogP) is 4.27. The minimum absolute atomic E-state index is 0.161. The van der Waals surface area contributed by atoms with Gasteiger partial charge in [-0.3, -0.25) is 4.79 Å². The maximum absolute atomic E-state index is 12.1. The third-order valence-corrected chi connectivity index (χ3v) is 5.29. The summed E-state index contributed by atoms with van der Waals surface area (Å²) in [6.45, 7) is 6.37. The highest BCUT2D eigenvalue weighted by atomic mass is 32.1. The molecule has 0 radical (unpaired) electrons. The van der Waals surface area contributed by atoms with Gasteiger partial charge in [0.05, 0.1) is 15.2 Å². The highest BCUT2D eigenvalue weighted by Gasteiger charge is 2.09. The standard InChI is InChI=1S/C20H23N5O2S/c1-12(2)19-24-15-6-5-14(10-16(15)28-19)23-20(27)21-9-8-18(26)25-17-7-4-13(3)11-22-17/h4-7,10-12H,8-9H2,1-3H3,(H2,21,23,27)(H,22,25,26). The zero-order valence-electron chi connectivity index (χ0n) is 16.1. The summed E-state index contributed by atoms with van der Waals surface area (Å²) >= 11 is 1.63. The van der Waals surface area contributed by atoms with Crippen LogP contribution in [0.2, 0.25) is 0 Å².